The van der Waals surface area contributed by atoms with Gasteiger partial charge in [-0.1, -0.05) is 11.6 Å². The topological polar surface area (TPSA) is 88.0 Å². The number of nitrogens with two attached hydrogens (primary N) is 1. The molecule has 0 radical (unpaired) electrons. The predicted octanol–water partition coefficient (Wildman–Crippen LogP) is 0.785. The molecule has 6 heteroatoms. The zero-order chi connectivity index (χ0) is 11.7. The van der Waals surface area contributed by atoms with Crippen molar-refractivity contribution in [3.8, 4) is 0 Å². The fourth-order valence-electron chi connectivity index (χ4n) is 1.44. The molecule has 0 aliphatic rings. The molecule has 0 unspecified atom stereocenters. The van der Waals surface area contributed by atoms with Gasteiger partial charge in [0.1, 0.15) is 5.56 Å². The number of nitrogens with one attached hydrogen (secondary N) is 2. The zero-order valence-corrected chi connectivity index (χ0v) is 8.84. The Balaban J connectivity index is 2.78. The third kappa shape index (κ3) is 1.66. The standard InChI is InChI=1S/C10H8ClN3O2/c11-5-1-2-8-6(3-5)9(15)7(4-13-8)10(16)14-12/h1-4H,12H2,(H,13,15)(H,14,16). The Labute approximate surface area is 95.2 Å². The Bertz CT molecular complexity index is 621. The minimum atomic E-state index is -0.636. The van der Waals surface area contributed by atoms with Crippen LogP contribution in [0.25, 0.3) is 10.9 Å². The van der Waals surface area contributed by atoms with Gasteiger partial charge in [-0.25, -0.2) is 5.84 Å². The Morgan fingerprint density at radius 1 is 1.44 bits per heavy atom. The van der Waals surface area contributed by atoms with E-state index in [4.69, 9.17) is 17.4 Å². The van der Waals surface area contributed by atoms with Gasteiger partial charge in [0.25, 0.3) is 5.91 Å². The third-order valence-corrected chi connectivity index (χ3v) is 2.45. The van der Waals surface area contributed by atoms with Crippen LogP contribution in [0.3, 0.4) is 0 Å². The number of hydrazine groups is 1. The Morgan fingerprint density at radius 2 is 2.19 bits per heavy atom. The normalized spacial score (nSPS) is 10.4. The molecule has 82 valence electrons. The summed E-state index contributed by atoms with van der Waals surface area (Å²) in [5.74, 6) is 4.33. The highest BCUT2D eigenvalue weighted by Gasteiger charge is 2.11. The molecule has 0 aliphatic heterocycles. The second-order valence-corrected chi connectivity index (χ2v) is 3.63. The number of pyridine rings is 1. The lowest BCUT2D eigenvalue weighted by molar-refractivity contribution is 0.0952. The van der Waals surface area contributed by atoms with Crippen molar-refractivity contribution in [2.24, 2.45) is 5.84 Å². The number of carbonyl (C=O) groups is 1. The summed E-state index contributed by atoms with van der Waals surface area (Å²) in [4.78, 5) is 26.0. The molecule has 2 aromatic rings. The quantitative estimate of drug-likeness (QED) is 0.389. The summed E-state index contributed by atoms with van der Waals surface area (Å²) in [5, 5.41) is 0.789. The first-order valence-electron chi connectivity index (χ1n) is 4.45. The van der Waals surface area contributed by atoms with Crippen LogP contribution in [0.4, 0.5) is 0 Å². The van der Waals surface area contributed by atoms with Crippen LogP contribution in [0.5, 0.6) is 0 Å². The van der Waals surface area contributed by atoms with E-state index >= 15 is 0 Å². The summed E-state index contributed by atoms with van der Waals surface area (Å²) in [6, 6.07) is 4.83. The number of carbonyl (C=O) groups excluding carboxylic acids is 1. The van der Waals surface area contributed by atoms with Gasteiger partial charge in [0, 0.05) is 22.1 Å². The van der Waals surface area contributed by atoms with Crippen molar-refractivity contribution in [3.63, 3.8) is 0 Å². The molecule has 0 saturated heterocycles. The van der Waals surface area contributed by atoms with Gasteiger partial charge in [-0.15, -0.1) is 0 Å². The second-order valence-electron chi connectivity index (χ2n) is 3.19. The van der Waals surface area contributed by atoms with Crippen LogP contribution in [-0.4, -0.2) is 10.9 Å². The maximum absolute atomic E-state index is 11.9. The Morgan fingerprint density at radius 3 is 2.88 bits per heavy atom. The number of nitrogen functional groups attached to an aromatic ring is 1. The van der Waals surface area contributed by atoms with Crippen LogP contribution in [0.2, 0.25) is 5.02 Å². The highest BCUT2D eigenvalue weighted by molar-refractivity contribution is 6.31. The molecule has 2 rings (SSSR count). The number of amides is 1. The molecule has 0 saturated carbocycles. The van der Waals surface area contributed by atoms with Crippen molar-refractivity contribution in [3.05, 3.63) is 45.2 Å². The van der Waals surface area contributed by atoms with Crippen LogP contribution in [0.15, 0.2) is 29.2 Å². The first-order chi connectivity index (χ1) is 7.63. The van der Waals surface area contributed by atoms with Crippen molar-refractivity contribution in [2.45, 2.75) is 0 Å². The first kappa shape index (κ1) is 10.7. The predicted molar refractivity (Wildman–Crippen MR) is 61.2 cm³/mol. The van der Waals surface area contributed by atoms with Crippen molar-refractivity contribution >= 4 is 28.4 Å². The van der Waals surface area contributed by atoms with Gasteiger partial charge in [-0.2, -0.15) is 0 Å². The summed E-state index contributed by atoms with van der Waals surface area (Å²) in [6.07, 6.45) is 1.32. The van der Waals surface area contributed by atoms with Gasteiger partial charge in [0.2, 0.25) is 5.43 Å². The maximum atomic E-state index is 11.9. The Hall–Kier alpha value is -1.85. The molecule has 1 heterocycles. The van der Waals surface area contributed by atoms with Crippen LogP contribution in [0, 0.1) is 0 Å². The maximum Gasteiger partial charge on any atom is 0.270 e. The van der Waals surface area contributed by atoms with Gasteiger partial charge in [-0.3, -0.25) is 15.0 Å². The third-order valence-electron chi connectivity index (χ3n) is 2.22. The van der Waals surface area contributed by atoms with E-state index in [1.807, 2.05) is 5.43 Å². The van der Waals surface area contributed by atoms with Crippen molar-refractivity contribution in [1.29, 1.82) is 0 Å². The summed E-state index contributed by atoms with van der Waals surface area (Å²) < 4.78 is 0. The molecule has 0 spiro atoms. The number of halogens is 1. The van der Waals surface area contributed by atoms with E-state index in [-0.39, 0.29) is 5.56 Å². The van der Waals surface area contributed by atoms with Crippen LogP contribution >= 0.6 is 11.6 Å². The molecule has 16 heavy (non-hydrogen) atoms. The fourth-order valence-corrected chi connectivity index (χ4v) is 1.61. The number of H-pyrrole nitrogens is 1. The molecule has 0 fully saturated rings. The van der Waals surface area contributed by atoms with Gasteiger partial charge >= 0.3 is 0 Å². The van der Waals surface area contributed by atoms with E-state index in [0.29, 0.717) is 15.9 Å². The minimum absolute atomic E-state index is 0.0442. The number of rotatable bonds is 1. The number of aromatic amines is 1. The van der Waals surface area contributed by atoms with E-state index in [9.17, 15) is 9.59 Å². The average molecular weight is 238 g/mol. The fraction of sp³-hybridized carbons (Fsp3) is 0. The lowest BCUT2D eigenvalue weighted by Gasteiger charge is -2.02. The number of fused-ring (bicyclic) bond motifs is 1. The molecule has 0 bridgehead atoms. The van der Waals surface area contributed by atoms with Crippen LogP contribution in [0.1, 0.15) is 10.4 Å². The number of hydrogen-bond acceptors (Lipinski definition) is 3. The summed E-state index contributed by atoms with van der Waals surface area (Å²) in [7, 11) is 0. The SMILES string of the molecule is NNC(=O)c1c[nH]c2ccc(Cl)cc2c1=O. The van der Waals surface area contributed by atoms with Gasteiger partial charge in [0.15, 0.2) is 0 Å². The second kappa shape index (κ2) is 3.96. The number of benzene rings is 1. The highest BCUT2D eigenvalue weighted by atomic mass is 35.5. The van der Waals surface area contributed by atoms with Crippen molar-refractivity contribution in [2.75, 3.05) is 0 Å². The van der Waals surface area contributed by atoms with E-state index in [0.717, 1.165) is 0 Å². The average Bonchev–Trinajstić information content (AvgIpc) is 2.29. The zero-order valence-electron chi connectivity index (χ0n) is 8.08. The summed E-state index contributed by atoms with van der Waals surface area (Å²) in [6.45, 7) is 0. The highest BCUT2D eigenvalue weighted by Crippen LogP contribution is 2.14. The number of aromatic nitrogens is 1. The molecular weight excluding hydrogens is 230 g/mol. The summed E-state index contributed by atoms with van der Waals surface area (Å²) >= 11 is 5.78. The summed E-state index contributed by atoms with van der Waals surface area (Å²) in [5.41, 5.74) is 2.08. The molecule has 0 aliphatic carbocycles. The number of hydrogen-bond donors (Lipinski definition) is 3. The van der Waals surface area contributed by atoms with E-state index in [1.165, 1.54) is 12.3 Å². The smallest absolute Gasteiger partial charge is 0.270 e. The van der Waals surface area contributed by atoms with Gasteiger partial charge in [-0.05, 0) is 18.2 Å². The molecule has 0 atom stereocenters. The Kier molecular flexibility index (Phi) is 2.64. The van der Waals surface area contributed by atoms with Gasteiger partial charge < -0.3 is 4.98 Å². The van der Waals surface area contributed by atoms with Crippen molar-refractivity contribution in [1.82, 2.24) is 10.4 Å². The van der Waals surface area contributed by atoms with Crippen LogP contribution < -0.4 is 16.7 Å². The molecular formula is C10H8ClN3O2. The molecule has 1 amide bonds. The molecule has 1 aromatic carbocycles. The first-order valence-corrected chi connectivity index (χ1v) is 4.83. The lowest BCUT2D eigenvalue weighted by Crippen LogP contribution is -2.33. The van der Waals surface area contributed by atoms with E-state index in [2.05, 4.69) is 4.98 Å². The molecule has 5 nitrogen and oxygen atoms in total. The lowest BCUT2D eigenvalue weighted by atomic mass is 10.1. The minimum Gasteiger partial charge on any atom is -0.360 e. The van der Waals surface area contributed by atoms with E-state index in [1.54, 1.807) is 12.1 Å². The monoisotopic (exact) mass is 237 g/mol. The molecule has 1 aromatic heterocycles. The van der Waals surface area contributed by atoms with Gasteiger partial charge in [0.05, 0.1) is 0 Å². The molecule has 4 N–H and O–H groups in total. The van der Waals surface area contributed by atoms with Crippen LogP contribution in [-0.2, 0) is 0 Å². The van der Waals surface area contributed by atoms with Crippen molar-refractivity contribution < 1.29 is 4.79 Å². The largest absolute Gasteiger partial charge is 0.360 e. The van der Waals surface area contributed by atoms with E-state index < -0.39 is 11.3 Å².